The van der Waals surface area contributed by atoms with Gasteiger partial charge in [-0.25, -0.2) is 0 Å². The van der Waals surface area contributed by atoms with Gasteiger partial charge in [0.25, 0.3) is 0 Å². The van der Waals surface area contributed by atoms with E-state index in [2.05, 4.69) is 6.58 Å². The highest BCUT2D eigenvalue weighted by molar-refractivity contribution is 5.39. The van der Waals surface area contributed by atoms with Crippen molar-refractivity contribution in [1.82, 2.24) is 4.90 Å². The minimum absolute atomic E-state index is 0.519. The van der Waals surface area contributed by atoms with E-state index >= 15 is 0 Å². The predicted octanol–water partition coefficient (Wildman–Crippen LogP) is 0.935. The Morgan fingerprint density at radius 2 is 2.43 bits per heavy atom. The van der Waals surface area contributed by atoms with Crippen LogP contribution < -0.4 is 0 Å². The van der Waals surface area contributed by atoms with Crippen LogP contribution in [0.15, 0.2) is 36.0 Å². The van der Waals surface area contributed by atoms with Gasteiger partial charge in [0.05, 0.1) is 6.61 Å². The fourth-order valence-electron chi connectivity index (χ4n) is 1.52. The third-order valence-electron chi connectivity index (χ3n) is 2.29. The number of methoxy groups -OCH3 is 1. The van der Waals surface area contributed by atoms with Crippen LogP contribution in [0, 0.1) is 0 Å². The molecule has 0 fully saturated rings. The van der Waals surface area contributed by atoms with Crippen molar-refractivity contribution in [2.75, 3.05) is 27.3 Å². The summed E-state index contributed by atoms with van der Waals surface area (Å²) in [5.74, 6) is 0. The van der Waals surface area contributed by atoms with Crippen molar-refractivity contribution >= 4 is 0 Å². The normalized spacial score (nSPS) is 23.8. The number of ether oxygens (including phenoxy) is 1. The number of rotatable bonds is 4. The Bertz CT molecular complexity index is 268. The van der Waals surface area contributed by atoms with E-state index in [9.17, 15) is 5.11 Å². The van der Waals surface area contributed by atoms with E-state index in [0.717, 1.165) is 17.7 Å². The van der Waals surface area contributed by atoms with E-state index in [1.54, 1.807) is 13.2 Å². The summed E-state index contributed by atoms with van der Waals surface area (Å²) in [6.45, 7) is 5.04. The van der Waals surface area contributed by atoms with Gasteiger partial charge in [0, 0.05) is 13.7 Å². The Morgan fingerprint density at radius 1 is 1.71 bits per heavy atom. The first-order valence-corrected chi connectivity index (χ1v) is 4.60. The van der Waals surface area contributed by atoms with Crippen LogP contribution in [0.2, 0.25) is 0 Å². The molecule has 0 aromatic heterocycles. The molecule has 1 aliphatic heterocycles. The fourth-order valence-corrected chi connectivity index (χ4v) is 1.52. The van der Waals surface area contributed by atoms with Crippen LogP contribution in [-0.4, -0.2) is 43.5 Å². The molecule has 0 aromatic rings. The number of aliphatic hydroxyl groups excluding tert-OH is 1. The Balaban J connectivity index is 2.74. The molecule has 0 aromatic carbocycles. The first-order valence-electron chi connectivity index (χ1n) is 4.60. The summed E-state index contributed by atoms with van der Waals surface area (Å²) in [7, 11) is 3.54. The quantitative estimate of drug-likeness (QED) is 0.724. The molecule has 1 N–H and O–H groups in total. The van der Waals surface area contributed by atoms with Gasteiger partial charge in [-0.1, -0.05) is 24.8 Å². The molecule has 0 aliphatic carbocycles. The summed E-state index contributed by atoms with van der Waals surface area (Å²) in [4.78, 5) is 1.86. The van der Waals surface area contributed by atoms with Gasteiger partial charge in [-0.05, 0) is 18.2 Å². The SMILES string of the molecule is C=CC1=C(/C=C\COC)CN(C)[C@H]1O. The van der Waals surface area contributed by atoms with Crippen molar-refractivity contribution in [3.8, 4) is 0 Å². The lowest BCUT2D eigenvalue weighted by Gasteiger charge is -2.14. The standard InChI is InChI=1S/C11H17NO2/c1-4-10-9(6-5-7-14-3)8-12(2)11(10)13/h4-6,11,13H,1,7-8H2,2-3H3/b6-5-/t11-/m0/s1. The Morgan fingerprint density at radius 3 is 3.00 bits per heavy atom. The van der Waals surface area contributed by atoms with Gasteiger partial charge in [0.15, 0.2) is 0 Å². The second-order valence-corrected chi connectivity index (χ2v) is 3.33. The van der Waals surface area contributed by atoms with Crippen LogP contribution in [0.4, 0.5) is 0 Å². The van der Waals surface area contributed by atoms with Crippen molar-refractivity contribution < 1.29 is 9.84 Å². The molecule has 1 aliphatic rings. The highest BCUT2D eigenvalue weighted by Crippen LogP contribution is 2.22. The molecule has 1 rings (SSSR count). The zero-order valence-corrected chi connectivity index (χ0v) is 8.73. The van der Waals surface area contributed by atoms with Crippen molar-refractivity contribution in [1.29, 1.82) is 0 Å². The molecule has 0 radical (unpaired) electrons. The van der Waals surface area contributed by atoms with E-state index in [1.165, 1.54) is 0 Å². The number of likely N-dealkylation sites (N-methyl/N-ethyl adjacent to an activating group) is 1. The summed E-state index contributed by atoms with van der Waals surface area (Å²) < 4.78 is 4.91. The molecule has 1 heterocycles. The predicted molar refractivity (Wildman–Crippen MR) is 56.9 cm³/mol. The summed E-state index contributed by atoms with van der Waals surface area (Å²) in [6.07, 6.45) is 5.10. The van der Waals surface area contributed by atoms with Crippen molar-refractivity contribution in [3.05, 3.63) is 36.0 Å². The van der Waals surface area contributed by atoms with Gasteiger partial charge in [-0.3, -0.25) is 4.90 Å². The van der Waals surface area contributed by atoms with Gasteiger partial charge in [0.1, 0.15) is 6.23 Å². The van der Waals surface area contributed by atoms with Crippen molar-refractivity contribution in [2.45, 2.75) is 6.23 Å². The van der Waals surface area contributed by atoms with E-state index in [-0.39, 0.29) is 0 Å². The Labute approximate surface area is 85.0 Å². The lowest BCUT2D eigenvalue weighted by atomic mass is 10.1. The van der Waals surface area contributed by atoms with Crippen LogP contribution in [0.25, 0.3) is 0 Å². The molecular formula is C11H17NO2. The molecule has 0 bridgehead atoms. The van der Waals surface area contributed by atoms with Crippen LogP contribution in [-0.2, 0) is 4.74 Å². The van der Waals surface area contributed by atoms with E-state index in [1.807, 2.05) is 24.1 Å². The van der Waals surface area contributed by atoms with Crippen LogP contribution in [0.3, 0.4) is 0 Å². The summed E-state index contributed by atoms with van der Waals surface area (Å²) in [5, 5.41) is 9.72. The third-order valence-corrected chi connectivity index (χ3v) is 2.29. The first kappa shape index (κ1) is 11.2. The van der Waals surface area contributed by atoms with E-state index in [4.69, 9.17) is 4.74 Å². The molecule has 3 heteroatoms. The zero-order valence-electron chi connectivity index (χ0n) is 8.73. The average molecular weight is 195 g/mol. The topological polar surface area (TPSA) is 32.7 Å². The number of aliphatic hydroxyl groups is 1. The minimum atomic E-state index is -0.519. The fraction of sp³-hybridized carbons (Fsp3) is 0.455. The van der Waals surface area contributed by atoms with Crippen LogP contribution >= 0.6 is 0 Å². The lowest BCUT2D eigenvalue weighted by molar-refractivity contribution is 0.0782. The van der Waals surface area contributed by atoms with Gasteiger partial charge in [0.2, 0.25) is 0 Å². The Kier molecular flexibility index (Phi) is 4.07. The summed E-state index contributed by atoms with van der Waals surface area (Å²) in [6, 6.07) is 0. The molecule has 0 spiro atoms. The zero-order chi connectivity index (χ0) is 10.6. The first-order chi connectivity index (χ1) is 6.70. The molecule has 1 atom stereocenters. The monoisotopic (exact) mass is 195 g/mol. The maximum atomic E-state index is 9.72. The second kappa shape index (κ2) is 5.10. The molecule has 0 amide bonds. The largest absolute Gasteiger partial charge is 0.381 e. The van der Waals surface area contributed by atoms with Crippen molar-refractivity contribution in [3.63, 3.8) is 0 Å². The number of hydrogen-bond acceptors (Lipinski definition) is 3. The van der Waals surface area contributed by atoms with Crippen molar-refractivity contribution in [2.24, 2.45) is 0 Å². The Hall–Kier alpha value is -0.900. The smallest absolute Gasteiger partial charge is 0.133 e. The van der Waals surface area contributed by atoms with Gasteiger partial charge >= 0.3 is 0 Å². The molecule has 14 heavy (non-hydrogen) atoms. The van der Waals surface area contributed by atoms with Gasteiger partial charge in [-0.15, -0.1) is 0 Å². The second-order valence-electron chi connectivity index (χ2n) is 3.33. The average Bonchev–Trinajstić information content (AvgIpc) is 2.43. The lowest BCUT2D eigenvalue weighted by Crippen LogP contribution is -2.26. The van der Waals surface area contributed by atoms with Crippen LogP contribution in [0.5, 0.6) is 0 Å². The summed E-state index contributed by atoms with van der Waals surface area (Å²) in [5.41, 5.74) is 1.99. The van der Waals surface area contributed by atoms with Crippen LogP contribution in [0.1, 0.15) is 0 Å². The van der Waals surface area contributed by atoms with E-state index in [0.29, 0.717) is 6.61 Å². The van der Waals surface area contributed by atoms with Gasteiger partial charge < -0.3 is 9.84 Å². The number of nitrogens with zero attached hydrogens (tertiary/aromatic N) is 1. The molecule has 0 unspecified atom stereocenters. The third kappa shape index (κ3) is 2.32. The highest BCUT2D eigenvalue weighted by Gasteiger charge is 2.24. The van der Waals surface area contributed by atoms with E-state index < -0.39 is 6.23 Å². The maximum absolute atomic E-state index is 9.72. The molecule has 0 saturated heterocycles. The molecular weight excluding hydrogens is 178 g/mol. The highest BCUT2D eigenvalue weighted by atomic mass is 16.5. The van der Waals surface area contributed by atoms with Gasteiger partial charge in [-0.2, -0.15) is 0 Å². The molecule has 3 nitrogen and oxygen atoms in total. The molecule has 78 valence electrons. The summed E-state index contributed by atoms with van der Waals surface area (Å²) >= 11 is 0. The molecule has 0 saturated carbocycles. The minimum Gasteiger partial charge on any atom is -0.381 e. The number of hydrogen-bond donors (Lipinski definition) is 1. The maximum Gasteiger partial charge on any atom is 0.133 e.